The SMILES string of the molecule is CNC(Cc1ccc(OC)c(Br)c1)c1cccc(C)c1F. The lowest BCUT2D eigenvalue weighted by atomic mass is 9.97. The first-order chi connectivity index (χ1) is 10.1. The topological polar surface area (TPSA) is 21.3 Å². The molecule has 0 fully saturated rings. The minimum Gasteiger partial charge on any atom is -0.496 e. The lowest BCUT2D eigenvalue weighted by Crippen LogP contribution is -2.20. The van der Waals surface area contributed by atoms with Crippen LogP contribution in [0.25, 0.3) is 0 Å². The molecule has 2 rings (SSSR count). The van der Waals surface area contributed by atoms with Crippen molar-refractivity contribution in [1.82, 2.24) is 5.32 Å². The Bertz CT molecular complexity index is 630. The van der Waals surface area contributed by atoms with E-state index < -0.39 is 0 Å². The fraction of sp³-hybridized carbons (Fsp3) is 0.294. The molecule has 0 aliphatic carbocycles. The van der Waals surface area contributed by atoms with E-state index >= 15 is 0 Å². The lowest BCUT2D eigenvalue weighted by Gasteiger charge is -2.19. The van der Waals surface area contributed by atoms with Crippen molar-refractivity contribution in [2.24, 2.45) is 0 Å². The molecule has 0 aromatic heterocycles. The molecule has 4 heteroatoms. The first-order valence-corrected chi connectivity index (χ1v) is 7.60. The van der Waals surface area contributed by atoms with Gasteiger partial charge in [-0.3, -0.25) is 0 Å². The van der Waals surface area contributed by atoms with Crippen molar-refractivity contribution in [3.63, 3.8) is 0 Å². The number of rotatable bonds is 5. The molecule has 0 amide bonds. The van der Waals surface area contributed by atoms with E-state index in [4.69, 9.17) is 4.74 Å². The summed E-state index contributed by atoms with van der Waals surface area (Å²) in [4.78, 5) is 0. The highest BCUT2D eigenvalue weighted by Crippen LogP contribution is 2.28. The number of halogens is 2. The molecule has 1 N–H and O–H groups in total. The van der Waals surface area contributed by atoms with Crippen LogP contribution in [0.5, 0.6) is 5.75 Å². The molecule has 2 nitrogen and oxygen atoms in total. The van der Waals surface area contributed by atoms with Gasteiger partial charge >= 0.3 is 0 Å². The second-order valence-corrected chi connectivity index (χ2v) is 5.85. The molecule has 2 aromatic carbocycles. The summed E-state index contributed by atoms with van der Waals surface area (Å²) >= 11 is 3.48. The fourth-order valence-electron chi connectivity index (χ4n) is 2.38. The van der Waals surface area contributed by atoms with Crippen molar-refractivity contribution in [1.29, 1.82) is 0 Å². The van der Waals surface area contributed by atoms with Crippen molar-refractivity contribution in [3.8, 4) is 5.75 Å². The Morgan fingerprint density at radius 2 is 2.05 bits per heavy atom. The molecule has 112 valence electrons. The molecule has 0 radical (unpaired) electrons. The first-order valence-electron chi connectivity index (χ1n) is 6.81. The van der Waals surface area contributed by atoms with Gasteiger partial charge in [0.05, 0.1) is 11.6 Å². The van der Waals surface area contributed by atoms with E-state index in [9.17, 15) is 4.39 Å². The second kappa shape index (κ2) is 7.05. The van der Waals surface area contributed by atoms with Crippen molar-refractivity contribution in [2.45, 2.75) is 19.4 Å². The van der Waals surface area contributed by atoms with E-state index in [1.807, 2.05) is 37.4 Å². The fourth-order valence-corrected chi connectivity index (χ4v) is 2.97. The lowest BCUT2D eigenvalue weighted by molar-refractivity contribution is 0.412. The molecule has 0 spiro atoms. The van der Waals surface area contributed by atoms with Crippen LogP contribution in [0.1, 0.15) is 22.7 Å². The number of ether oxygens (including phenoxy) is 1. The predicted octanol–water partition coefficient (Wildman–Crippen LogP) is 4.41. The Morgan fingerprint density at radius 3 is 2.67 bits per heavy atom. The van der Waals surface area contributed by atoms with Gasteiger partial charge in [-0.05, 0) is 59.6 Å². The zero-order chi connectivity index (χ0) is 15.4. The van der Waals surface area contributed by atoms with Crippen LogP contribution in [0, 0.1) is 12.7 Å². The maximum atomic E-state index is 14.3. The summed E-state index contributed by atoms with van der Waals surface area (Å²) in [7, 11) is 3.49. The molecule has 0 saturated carbocycles. The van der Waals surface area contributed by atoms with E-state index in [0.29, 0.717) is 17.5 Å². The van der Waals surface area contributed by atoms with Crippen molar-refractivity contribution < 1.29 is 9.13 Å². The van der Waals surface area contributed by atoms with Crippen LogP contribution in [0.4, 0.5) is 4.39 Å². The molecule has 21 heavy (non-hydrogen) atoms. The molecule has 0 bridgehead atoms. The average Bonchev–Trinajstić information content (AvgIpc) is 2.48. The van der Waals surface area contributed by atoms with Crippen LogP contribution >= 0.6 is 15.9 Å². The highest BCUT2D eigenvalue weighted by Gasteiger charge is 2.16. The van der Waals surface area contributed by atoms with Crippen molar-refractivity contribution >= 4 is 15.9 Å². The summed E-state index contributed by atoms with van der Waals surface area (Å²) in [6, 6.07) is 11.4. The van der Waals surface area contributed by atoms with Gasteiger partial charge in [-0.15, -0.1) is 0 Å². The van der Waals surface area contributed by atoms with Crippen LogP contribution in [0.15, 0.2) is 40.9 Å². The molecule has 0 aliphatic heterocycles. The maximum Gasteiger partial charge on any atom is 0.133 e. The Morgan fingerprint density at radius 1 is 1.29 bits per heavy atom. The molecular formula is C17H19BrFNO. The normalized spacial score (nSPS) is 12.2. The Labute approximate surface area is 133 Å². The quantitative estimate of drug-likeness (QED) is 0.861. The largest absolute Gasteiger partial charge is 0.496 e. The molecule has 0 saturated heterocycles. The molecule has 1 atom stereocenters. The minimum atomic E-state index is -0.135. The van der Waals surface area contributed by atoms with Crippen LogP contribution in [0.2, 0.25) is 0 Å². The van der Waals surface area contributed by atoms with Crippen molar-refractivity contribution in [3.05, 3.63) is 63.4 Å². The third kappa shape index (κ3) is 3.63. The summed E-state index contributed by atoms with van der Waals surface area (Å²) < 4.78 is 20.4. The third-order valence-electron chi connectivity index (χ3n) is 3.60. The maximum absolute atomic E-state index is 14.3. The smallest absolute Gasteiger partial charge is 0.133 e. The number of nitrogens with one attached hydrogen (secondary N) is 1. The van der Waals surface area contributed by atoms with E-state index in [1.54, 1.807) is 20.1 Å². The van der Waals surface area contributed by atoms with Gasteiger partial charge in [0.2, 0.25) is 0 Å². The van der Waals surface area contributed by atoms with E-state index in [1.165, 1.54) is 0 Å². The van der Waals surface area contributed by atoms with Gasteiger partial charge in [0.1, 0.15) is 11.6 Å². The molecule has 1 unspecified atom stereocenters. The Hall–Kier alpha value is -1.39. The predicted molar refractivity (Wildman–Crippen MR) is 87.3 cm³/mol. The summed E-state index contributed by atoms with van der Waals surface area (Å²) in [5, 5.41) is 3.20. The number of aryl methyl sites for hydroxylation is 1. The third-order valence-corrected chi connectivity index (χ3v) is 4.22. The highest BCUT2D eigenvalue weighted by atomic mass is 79.9. The van der Waals surface area contributed by atoms with Crippen LogP contribution in [-0.2, 0) is 6.42 Å². The highest BCUT2D eigenvalue weighted by molar-refractivity contribution is 9.10. The van der Waals surface area contributed by atoms with Gasteiger partial charge in [0.15, 0.2) is 0 Å². The Kier molecular flexibility index (Phi) is 5.37. The minimum absolute atomic E-state index is 0.0646. The van der Waals surface area contributed by atoms with Gasteiger partial charge in [-0.25, -0.2) is 4.39 Å². The summed E-state index contributed by atoms with van der Waals surface area (Å²) in [6.45, 7) is 1.79. The van der Waals surface area contributed by atoms with Crippen LogP contribution in [0.3, 0.4) is 0 Å². The molecular weight excluding hydrogens is 333 g/mol. The standard InChI is InChI=1S/C17H19BrFNO/c1-11-5-4-6-13(17(11)19)15(20-2)10-12-7-8-16(21-3)14(18)9-12/h4-9,15,20H,10H2,1-3H3. The first kappa shape index (κ1) is 16.0. The molecule has 0 aliphatic rings. The summed E-state index contributed by atoms with van der Waals surface area (Å²) in [5.74, 6) is 0.658. The van der Waals surface area contributed by atoms with Gasteiger partial charge in [0, 0.05) is 11.6 Å². The summed E-state index contributed by atoms with van der Waals surface area (Å²) in [6.07, 6.45) is 0.708. The Balaban J connectivity index is 2.27. The average molecular weight is 352 g/mol. The van der Waals surface area contributed by atoms with Crippen LogP contribution in [-0.4, -0.2) is 14.2 Å². The number of hydrogen-bond acceptors (Lipinski definition) is 2. The zero-order valence-corrected chi connectivity index (χ0v) is 14.0. The molecule has 0 heterocycles. The van der Waals surface area contributed by atoms with E-state index in [2.05, 4.69) is 21.2 Å². The monoisotopic (exact) mass is 351 g/mol. The zero-order valence-electron chi connectivity index (χ0n) is 12.4. The van der Waals surface area contributed by atoms with Crippen molar-refractivity contribution in [2.75, 3.05) is 14.2 Å². The van der Waals surface area contributed by atoms with Gasteiger partial charge in [0.25, 0.3) is 0 Å². The number of hydrogen-bond donors (Lipinski definition) is 1. The number of benzene rings is 2. The van der Waals surface area contributed by atoms with Gasteiger partial charge in [-0.1, -0.05) is 24.3 Å². The van der Waals surface area contributed by atoms with E-state index in [-0.39, 0.29) is 11.9 Å². The van der Waals surface area contributed by atoms with E-state index in [0.717, 1.165) is 15.8 Å². The number of methoxy groups -OCH3 is 1. The van der Waals surface area contributed by atoms with Gasteiger partial charge < -0.3 is 10.1 Å². The summed E-state index contributed by atoms with van der Waals surface area (Å²) in [5.41, 5.74) is 2.48. The molecule has 2 aromatic rings. The second-order valence-electron chi connectivity index (χ2n) is 4.99. The van der Waals surface area contributed by atoms with Crippen LogP contribution < -0.4 is 10.1 Å². The van der Waals surface area contributed by atoms with Gasteiger partial charge in [-0.2, -0.15) is 0 Å². The number of likely N-dealkylation sites (N-methyl/N-ethyl adjacent to an activating group) is 1.